The van der Waals surface area contributed by atoms with Crippen LogP contribution >= 0.6 is 23.4 Å². The molecule has 1 N–H and O–H groups in total. The second-order valence-corrected chi connectivity index (χ2v) is 8.67. The van der Waals surface area contributed by atoms with Crippen molar-refractivity contribution in [3.05, 3.63) is 76.5 Å². The maximum Gasteiger partial charge on any atom is 0.441 e. The minimum atomic E-state index is -4.69. The number of nitrogens with one attached hydrogen (secondary N) is 1. The number of hydrogen-bond donors (Lipinski definition) is 1. The van der Waals surface area contributed by atoms with Gasteiger partial charge in [0.25, 0.3) is 5.91 Å². The van der Waals surface area contributed by atoms with E-state index in [0.717, 1.165) is 21.5 Å². The number of amidine groups is 2. The van der Waals surface area contributed by atoms with Gasteiger partial charge in [-0.2, -0.15) is 28.3 Å². The normalized spacial score (nSPS) is 17.6. The molecule has 3 aromatic rings. The third-order valence-electron chi connectivity index (χ3n) is 5.08. The zero-order chi connectivity index (χ0) is 23.3. The Hall–Kier alpha value is -3.37. The van der Waals surface area contributed by atoms with Crippen LogP contribution in [0.15, 0.2) is 70.4 Å². The maximum absolute atomic E-state index is 13.0. The zero-order valence-electron chi connectivity index (χ0n) is 16.6. The lowest BCUT2D eigenvalue weighted by Crippen LogP contribution is -2.35. The molecule has 0 radical (unpaired) electrons. The third-order valence-corrected chi connectivity index (χ3v) is 6.29. The molecule has 0 saturated carbocycles. The number of hydrogen-bond acceptors (Lipinski definition) is 4. The molecule has 0 spiro atoms. The largest absolute Gasteiger partial charge is 0.441 e. The fourth-order valence-corrected chi connectivity index (χ4v) is 4.45. The number of para-hydroxylation sites is 1. The molecule has 0 atom stereocenters. The number of thioether (sulfide) groups is 1. The van der Waals surface area contributed by atoms with Gasteiger partial charge in [-0.15, -0.1) is 0 Å². The third kappa shape index (κ3) is 3.96. The van der Waals surface area contributed by atoms with Crippen LogP contribution in [-0.2, 0) is 11.3 Å². The lowest BCUT2D eigenvalue weighted by atomic mass is 10.1. The monoisotopic (exact) mass is 487 g/mol. The molecular formula is C22H13ClF3N5OS. The molecule has 2 aromatic carbocycles. The number of aromatic nitrogens is 1. The number of nitrogens with zero attached hydrogens (tertiary/aromatic N) is 4. The van der Waals surface area contributed by atoms with E-state index in [1.165, 1.54) is 6.08 Å². The van der Waals surface area contributed by atoms with E-state index in [1.807, 2.05) is 47.2 Å². The van der Waals surface area contributed by atoms with Gasteiger partial charge in [-0.1, -0.05) is 41.9 Å². The number of rotatable bonds is 3. The first-order valence-corrected chi connectivity index (χ1v) is 10.8. The van der Waals surface area contributed by atoms with E-state index >= 15 is 0 Å². The quantitative estimate of drug-likeness (QED) is 0.494. The van der Waals surface area contributed by atoms with E-state index in [9.17, 15) is 18.0 Å². The Balaban J connectivity index is 1.54. The molecule has 0 saturated heterocycles. The molecule has 33 heavy (non-hydrogen) atoms. The summed E-state index contributed by atoms with van der Waals surface area (Å²) in [5.41, 5.74) is 2.41. The second-order valence-electron chi connectivity index (χ2n) is 7.28. The van der Waals surface area contributed by atoms with Crippen LogP contribution in [0.5, 0.6) is 0 Å². The highest BCUT2D eigenvalue weighted by molar-refractivity contribution is 8.27. The highest BCUT2D eigenvalue weighted by Crippen LogP contribution is 2.35. The Bertz CT molecular complexity index is 1410. The van der Waals surface area contributed by atoms with Crippen molar-refractivity contribution in [1.29, 1.82) is 5.41 Å². The van der Waals surface area contributed by atoms with E-state index in [2.05, 4.69) is 10.1 Å². The molecule has 2 aliphatic heterocycles. The maximum atomic E-state index is 13.0. The number of halogens is 4. The van der Waals surface area contributed by atoms with E-state index in [1.54, 1.807) is 12.1 Å². The van der Waals surface area contributed by atoms with Gasteiger partial charge in [0.1, 0.15) is 0 Å². The Kier molecular flexibility index (Phi) is 5.13. The molecule has 1 amide bonds. The average molecular weight is 488 g/mol. The van der Waals surface area contributed by atoms with Gasteiger partial charge in [-0.3, -0.25) is 10.2 Å². The van der Waals surface area contributed by atoms with Gasteiger partial charge in [0.2, 0.25) is 10.2 Å². The molecular weight excluding hydrogens is 475 g/mol. The van der Waals surface area contributed by atoms with Crippen molar-refractivity contribution < 1.29 is 18.0 Å². The van der Waals surface area contributed by atoms with Crippen molar-refractivity contribution in [2.24, 2.45) is 10.1 Å². The van der Waals surface area contributed by atoms with Gasteiger partial charge >= 0.3 is 6.18 Å². The first-order chi connectivity index (χ1) is 15.7. The molecule has 3 heterocycles. The van der Waals surface area contributed by atoms with Crippen LogP contribution in [0, 0.1) is 5.41 Å². The highest BCUT2D eigenvalue weighted by atomic mass is 35.5. The zero-order valence-corrected chi connectivity index (χ0v) is 18.2. The Morgan fingerprint density at radius 2 is 1.85 bits per heavy atom. The first kappa shape index (κ1) is 21.5. The summed E-state index contributed by atoms with van der Waals surface area (Å²) in [6.45, 7) is 0.538. The summed E-state index contributed by atoms with van der Waals surface area (Å²) < 4.78 is 41.1. The predicted molar refractivity (Wildman–Crippen MR) is 124 cm³/mol. The van der Waals surface area contributed by atoms with E-state index in [4.69, 9.17) is 17.0 Å². The van der Waals surface area contributed by atoms with Gasteiger partial charge in [0, 0.05) is 34.2 Å². The molecule has 0 fully saturated rings. The predicted octanol–water partition coefficient (Wildman–Crippen LogP) is 5.52. The first-order valence-electron chi connectivity index (χ1n) is 9.60. The number of carbonyl (C=O) groups excluding carboxylic acids is 1. The highest BCUT2D eigenvalue weighted by Gasteiger charge is 2.46. The van der Waals surface area contributed by atoms with Gasteiger partial charge in [0.05, 0.1) is 5.57 Å². The molecule has 1 aromatic heterocycles. The summed E-state index contributed by atoms with van der Waals surface area (Å²) in [6, 6.07) is 14.9. The number of carbonyl (C=O) groups is 1. The average Bonchev–Trinajstić information content (AvgIpc) is 3.35. The molecule has 0 unspecified atom stereocenters. The second kappa shape index (κ2) is 7.89. The number of aliphatic imine (C=N–C) groups is 1. The Morgan fingerprint density at radius 1 is 1.12 bits per heavy atom. The molecule has 0 aliphatic carbocycles. The van der Waals surface area contributed by atoms with Crippen molar-refractivity contribution in [1.82, 2.24) is 9.58 Å². The minimum Gasteiger partial charge on any atom is -0.342 e. The van der Waals surface area contributed by atoms with Crippen LogP contribution in [0.3, 0.4) is 0 Å². The fourth-order valence-electron chi connectivity index (χ4n) is 3.57. The lowest BCUT2D eigenvalue weighted by molar-refractivity contribution is -0.114. The molecule has 11 heteroatoms. The Labute approximate surface area is 194 Å². The summed E-state index contributed by atoms with van der Waals surface area (Å²) in [4.78, 5) is 16.3. The lowest BCUT2D eigenvalue weighted by Gasteiger charge is -2.20. The summed E-state index contributed by atoms with van der Waals surface area (Å²) in [6.07, 6.45) is -1.39. The van der Waals surface area contributed by atoms with Crippen LogP contribution in [0.1, 0.15) is 11.1 Å². The van der Waals surface area contributed by atoms with Crippen molar-refractivity contribution in [2.45, 2.75) is 12.7 Å². The number of amides is 1. The van der Waals surface area contributed by atoms with Crippen LogP contribution in [0.4, 0.5) is 13.2 Å². The van der Waals surface area contributed by atoms with Crippen molar-refractivity contribution in [3.63, 3.8) is 0 Å². The van der Waals surface area contributed by atoms with Crippen molar-refractivity contribution in [2.75, 3.05) is 0 Å². The molecule has 2 aliphatic rings. The fraction of sp³-hybridized carbons (Fsp3) is 0.0909. The summed E-state index contributed by atoms with van der Waals surface area (Å²) in [5.74, 6) is -1.24. The van der Waals surface area contributed by atoms with Crippen molar-refractivity contribution >= 4 is 62.3 Å². The standard InChI is InChI=1S/C22H13ClF3N5OS/c23-14-7-5-12(6-8-14)10-30-11-13(15-3-1-2-4-17(15)30)9-16-18(27)31-21(28-19(16)32)33-20(29-31)22(24,25)26/h1-9,11,27H,10H2. The van der Waals surface area contributed by atoms with E-state index < -0.39 is 23.0 Å². The van der Waals surface area contributed by atoms with E-state index in [0.29, 0.717) is 17.1 Å². The van der Waals surface area contributed by atoms with Crippen LogP contribution < -0.4 is 0 Å². The van der Waals surface area contributed by atoms with Gasteiger partial charge in [0.15, 0.2) is 5.84 Å². The minimum absolute atomic E-state index is 0.138. The van der Waals surface area contributed by atoms with E-state index in [-0.39, 0.29) is 22.5 Å². The Morgan fingerprint density at radius 3 is 2.58 bits per heavy atom. The molecule has 5 rings (SSSR count). The van der Waals surface area contributed by atoms with Gasteiger partial charge in [-0.05, 0) is 41.6 Å². The SMILES string of the molecule is N=C1C(=Cc2cn(Cc3ccc(Cl)cc3)c3ccccc23)C(=O)N=C2SC(C(F)(F)F)=NN12. The van der Waals surface area contributed by atoms with Crippen LogP contribution in [0.2, 0.25) is 5.02 Å². The molecule has 6 nitrogen and oxygen atoms in total. The van der Waals surface area contributed by atoms with Crippen LogP contribution in [0.25, 0.3) is 17.0 Å². The number of fused-ring (bicyclic) bond motifs is 2. The summed E-state index contributed by atoms with van der Waals surface area (Å²) in [7, 11) is 0. The number of alkyl halides is 3. The van der Waals surface area contributed by atoms with Gasteiger partial charge < -0.3 is 4.57 Å². The number of hydrazone groups is 1. The van der Waals surface area contributed by atoms with Crippen molar-refractivity contribution in [3.8, 4) is 0 Å². The molecule has 166 valence electrons. The van der Waals surface area contributed by atoms with Crippen LogP contribution in [-0.4, -0.2) is 37.7 Å². The smallest absolute Gasteiger partial charge is 0.342 e. The molecule has 0 bridgehead atoms. The van der Waals surface area contributed by atoms with Gasteiger partial charge in [-0.25, -0.2) is 0 Å². The topological polar surface area (TPSA) is 73.8 Å². The summed E-state index contributed by atoms with van der Waals surface area (Å²) in [5, 5.41) is 12.5. The summed E-state index contributed by atoms with van der Waals surface area (Å²) >= 11 is 6.19. The number of benzene rings is 2.